The molecular weight excluding hydrogens is 745 g/mol. The van der Waals surface area contributed by atoms with Gasteiger partial charge in [-0.3, -0.25) is 14.4 Å². The molecular formula is C54H92O6. The molecule has 0 bridgehead atoms. The molecule has 1 atom stereocenters. The van der Waals surface area contributed by atoms with Crippen molar-refractivity contribution in [2.45, 2.75) is 239 Å². The van der Waals surface area contributed by atoms with Crippen molar-refractivity contribution >= 4 is 17.9 Å². The number of hydrogen-bond acceptors (Lipinski definition) is 6. The molecule has 0 saturated heterocycles. The van der Waals surface area contributed by atoms with Crippen molar-refractivity contribution in [2.24, 2.45) is 0 Å². The summed E-state index contributed by atoms with van der Waals surface area (Å²) in [7, 11) is 0. The third-order valence-electron chi connectivity index (χ3n) is 10.5. The molecule has 0 heterocycles. The van der Waals surface area contributed by atoms with Crippen LogP contribution < -0.4 is 0 Å². The summed E-state index contributed by atoms with van der Waals surface area (Å²) in [5.74, 6) is -0.917. The first-order valence-electron chi connectivity index (χ1n) is 24.9. The molecule has 0 fully saturated rings. The average molecular weight is 837 g/mol. The minimum atomic E-state index is -0.779. The Hall–Kier alpha value is -3.15. The first-order chi connectivity index (χ1) is 29.5. The topological polar surface area (TPSA) is 78.9 Å². The maximum absolute atomic E-state index is 12.7. The van der Waals surface area contributed by atoms with E-state index in [1.54, 1.807) is 0 Å². The molecule has 0 N–H and O–H groups in total. The van der Waals surface area contributed by atoms with Crippen molar-refractivity contribution in [2.75, 3.05) is 13.2 Å². The van der Waals surface area contributed by atoms with Gasteiger partial charge < -0.3 is 14.2 Å². The Bertz CT molecular complexity index is 1140. The Kier molecular flexibility index (Phi) is 46.0. The van der Waals surface area contributed by atoms with E-state index >= 15 is 0 Å². The van der Waals surface area contributed by atoms with Crippen LogP contribution in [0.25, 0.3) is 0 Å². The summed E-state index contributed by atoms with van der Waals surface area (Å²) in [6.45, 7) is 6.44. The Labute approximate surface area is 370 Å². The second-order valence-corrected chi connectivity index (χ2v) is 16.4. The van der Waals surface area contributed by atoms with Crippen LogP contribution in [0.1, 0.15) is 233 Å². The smallest absolute Gasteiger partial charge is 0.306 e. The van der Waals surface area contributed by atoms with Crippen molar-refractivity contribution in [3.63, 3.8) is 0 Å². The summed E-state index contributed by atoms with van der Waals surface area (Å²) in [5, 5.41) is 0. The molecule has 0 amide bonds. The fourth-order valence-corrected chi connectivity index (χ4v) is 6.74. The lowest BCUT2D eigenvalue weighted by molar-refractivity contribution is -0.167. The van der Waals surface area contributed by atoms with Gasteiger partial charge in [-0.25, -0.2) is 0 Å². The van der Waals surface area contributed by atoms with Crippen LogP contribution >= 0.6 is 0 Å². The third-order valence-corrected chi connectivity index (χ3v) is 10.5. The molecule has 1 unspecified atom stereocenters. The predicted octanol–water partition coefficient (Wildman–Crippen LogP) is 16.3. The fourth-order valence-electron chi connectivity index (χ4n) is 6.74. The van der Waals surface area contributed by atoms with Crippen LogP contribution in [0.3, 0.4) is 0 Å². The maximum Gasteiger partial charge on any atom is 0.306 e. The number of hydrogen-bond donors (Lipinski definition) is 0. The van der Waals surface area contributed by atoms with Crippen molar-refractivity contribution in [1.29, 1.82) is 0 Å². The summed E-state index contributed by atoms with van der Waals surface area (Å²) in [6, 6.07) is 0. The summed E-state index contributed by atoms with van der Waals surface area (Å²) in [5.41, 5.74) is 0. The lowest BCUT2D eigenvalue weighted by atomic mass is 10.0. The Balaban J connectivity index is 4.25. The van der Waals surface area contributed by atoms with Gasteiger partial charge in [-0.05, 0) is 70.6 Å². The van der Waals surface area contributed by atoms with Crippen LogP contribution in [0.5, 0.6) is 0 Å². The first-order valence-corrected chi connectivity index (χ1v) is 24.9. The van der Waals surface area contributed by atoms with E-state index in [9.17, 15) is 14.4 Å². The molecule has 0 aromatic rings. The zero-order chi connectivity index (χ0) is 43.7. The van der Waals surface area contributed by atoms with E-state index in [2.05, 4.69) is 93.7 Å². The highest BCUT2D eigenvalue weighted by Crippen LogP contribution is 2.14. The molecule has 0 aromatic heterocycles. The normalized spacial score (nSPS) is 12.7. The summed E-state index contributed by atoms with van der Waals surface area (Å²) < 4.78 is 16.7. The van der Waals surface area contributed by atoms with Crippen LogP contribution in [-0.4, -0.2) is 37.2 Å². The average Bonchev–Trinajstić information content (AvgIpc) is 3.24. The van der Waals surface area contributed by atoms with E-state index in [1.807, 2.05) is 0 Å². The Morgan fingerprint density at radius 3 is 1.02 bits per heavy atom. The van der Waals surface area contributed by atoms with Crippen LogP contribution in [0.2, 0.25) is 0 Å². The van der Waals surface area contributed by atoms with Crippen molar-refractivity contribution in [1.82, 2.24) is 0 Å². The standard InChI is InChI=1S/C54H92O6/c1-4-7-10-13-16-18-20-22-23-24-25-26-27-28-29-30-31-33-34-36-38-41-44-47-53(56)59-50-51(49-58-52(55)46-43-40-15-12-9-6-3)60-54(57)48-45-42-39-37-35-32-21-19-17-14-11-8-5-2/h7,10,16,18,22-23,25-26,28-29,31,33,51H,4-6,8-9,11-15,17,19-21,24,27,30,32,34-50H2,1-3H3/b10-7-,18-16-,23-22-,26-25-,29-28-,33-31-. The van der Waals surface area contributed by atoms with Gasteiger partial charge in [0.25, 0.3) is 0 Å². The molecule has 0 radical (unpaired) electrons. The Morgan fingerprint density at radius 2 is 0.650 bits per heavy atom. The van der Waals surface area contributed by atoms with Gasteiger partial charge in [0.1, 0.15) is 13.2 Å². The second kappa shape index (κ2) is 48.5. The number of carbonyl (C=O) groups is 3. The van der Waals surface area contributed by atoms with Crippen LogP contribution in [0, 0.1) is 0 Å². The van der Waals surface area contributed by atoms with Gasteiger partial charge in [-0.1, -0.05) is 216 Å². The van der Waals surface area contributed by atoms with E-state index in [0.717, 1.165) is 109 Å². The Morgan fingerprint density at radius 1 is 0.350 bits per heavy atom. The van der Waals surface area contributed by atoms with Gasteiger partial charge in [0, 0.05) is 19.3 Å². The van der Waals surface area contributed by atoms with E-state index in [4.69, 9.17) is 14.2 Å². The number of unbranched alkanes of at least 4 members (excludes halogenated alkanes) is 21. The van der Waals surface area contributed by atoms with E-state index in [0.29, 0.717) is 19.3 Å². The number of ether oxygens (including phenoxy) is 3. The molecule has 0 aliphatic heterocycles. The van der Waals surface area contributed by atoms with Crippen LogP contribution in [0.4, 0.5) is 0 Å². The lowest BCUT2D eigenvalue weighted by Gasteiger charge is -2.18. The zero-order valence-electron chi connectivity index (χ0n) is 39.2. The highest BCUT2D eigenvalue weighted by Gasteiger charge is 2.19. The number of carbonyl (C=O) groups excluding carboxylic acids is 3. The largest absolute Gasteiger partial charge is 0.462 e. The van der Waals surface area contributed by atoms with Gasteiger partial charge >= 0.3 is 17.9 Å². The SMILES string of the molecule is CC/C=C\C/C=C\C/C=C\C/C=C\C/C=C\C/C=C\CCCCCCC(=O)OCC(COC(=O)CCCCCCCC)OC(=O)CCCCCCCCCCCCCCC. The van der Waals surface area contributed by atoms with Gasteiger partial charge in [0.2, 0.25) is 0 Å². The van der Waals surface area contributed by atoms with Crippen LogP contribution in [-0.2, 0) is 28.6 Å². The quantitative estimate of drug-likeness (QED) is 0.0263. The lowest BCUT2D eigenvalue weighted by Crippen LogP contribution is -2.30. The van der Waals surface area contributed by atoms with Crippen molar-refractivity contribution in [3.05, 3.63) is 72.9 Å². The zero-order valence-corrected chi connectivity index (χ0v) is 39.2. The molecule has 0 aromatic carbocycles. The fraction of sp³-hybridized carbons (Fsp3) is 0.722. The predicted molar refractivity (Wildman–Crippen MR) is 256 cm³/mol. The third kappa shape index (κ3) is 45.9. The molecule has 0 spiro atoms. The molecule has 60 heavy (non-hydrogen) atoms. The van der Waals surface area contributed by atoms with Gasteiger partial charge in [-0.2, -0.15) is 0 Å². The summed E-state index contributed by atoms with van der Waals surface area (Å²) in [4.78, 5) is 37.7. The number of esters is 3. The summed E-state index contributed by atoms with van der Waals surface area (Å²) in [6.07, 6.45) is 60.5. The highest BCUT2D eigenvalue weighted by molar-refractivity contribution is 5.71. The maximum atomic E-state index is 12.7. The van der Waals surface area contributed by atoms with Gasteiger partial charge in [0.05, 0.1) is 0 Å². The molecule has 6 heteroatoms. The van der Waals surface area contributed by atoms with Gasteiger partial charge in [-0.15, -0.1) is 0 Å². The van der Waals surface area contributed by atoms with Crippen molar-refractivity contribution in [3.8, 4) is 0 Å². The van der Waals surface area contributed by atoms with Crippen molar-refractivity contribution < 1.29 is 28.6 Å². The molecule has 344 valence electrons. The molecule has 0 saturated carbocycles. The molecule has 6 nitrogen and oxygen atoms in total. The minimum Gasteiger partial charge on any atom is -0.462 e. The second-order valence-electron chi connectivity index (χ2n) is 16.4. The minimum absolute atomic E-state index is 0.0825. The highest BCUT2D eigenvalue weighted by atomic mass is 16.6. The number of rotatable bonds is 44. The number of allylic oxidation sites excluding steroid dienone is 12. The molecule has 0 aliphatic rings. The molecule has 0 aliphatic carbocycles. The summed E-state index contributed by atoms with van der Waals surface area (Å²) >= 11 is 0. The first kappa shape index (κ1) is 56.9. The van der Waals surface area contributed by atoms with E-state index in [-0.39, 0.29) is 31.1 Å². The van der Waals surface area contributed by atoms with E-state index < -0.39 is 6.10 Å². The monoisotopic (exact) mass is 837 g/mol. The van der Waals surface area contributed by atoms with Crippen LogP contribution in [0.15, 0.2) is 72.9 Å². The van der Waals surface area contributed by atoms with E-state index in [1.165, 1.54) is 83.5 Å². The molecule has 0 rings (SSSR count). The van der Waals surface area contributed by atoms with Gasteiger partial charge in [0.15, 0.2) is 6.10 Å².